The number of hydrogen-bond donors (Lipinski definition) is 2. The average molecular weight is 343 g/mol. The molecule has 0 bridgehead atoms. The van der Waals surface area contributed by atoms with Crippen LogP contribution in [0.4, 0.5) is 8.78 Å². The number of hydrogen-bond acceptors (Lipinski definition) is 3. The van der Waals surface area contributed by atoms with Gasteiger partial charge < -0.3 is 15.4 Å². The van der Waals surface area contributed by atoms with Crippen LogP contribution in [0.1, 0.15) is 12.5 Å². The Hall–Kier alpha value is -1.11. The van der Waals surface area contributed by atoms with Gasteiger partial charge >= 0.3 is 6.61 Å². The summed E-state index contributed by atoms with van der Waals surface area (Å²) in [7, 11) is 1.75. The van der Waals surface area contributed by atoms with Crippen LogP contribution in [0.15, 0.2) is 18.2 Å². The van der Waals surface area contributed by atoms with Crippen molar-refractivity contribution < 1.29 is 18.3 Å². The largest absolute Gasteiger partial charge is 0.434 e. The minimum absolute atomic E-state index is 0. The monoisotopic (exact) mass is 342 g/mol. The first-order valence-corrected chi connectivity index (χ1v) is 6.47. The zero-order chi connectivity index (χ0) is 15.1. The van der Waals surface area contributed by atoms with E-state index in [2.05, 4.69) is 15.4 Å². The molecule has 0 radical (unpaired) electrons. The topological polar surface area (TPSA) is 50.4 Å². The molecule has 1 aromatic carbocycles. The minimum Gasteiger partial charge on any atom is -0.434 e. The Labute approximate surface area is 133 Å². The van der Waals surface area contributed by atoms with Crippen molar-refractivity contribution in [3.8, 4) is 5.75 Å². The molecule has 8 heteroatoms. The van der Waals surface area contributed by atoms with Gasteiger partial charge in [-0.15, -0.1) is 12.4 Å². The van der Waals surface area contributed by atoms with Gasteiger partial charge in [-0.05, 0) is 25.2 Å². The second-order valence-corrected chi connectivity index (χ2v) is 4.74. The summed E-state index contributed by atoms with van der Waals surface area (Å²) in [5, 5.41) is 5.94. The fourth-order valence-corrected chi connectivity index (χ4v) is 1.85. The summed E-state index contributed by atoms with van der Waals surface area (Å²) in [6, 6.07) is 4.30. The lowest BCUT2D eigenvalue weighted by Gasteiger charge is -2.14. The molecule has 0 saturated carbocycles. The van der Waals surface area contributed by atoms with E-state index in [1.54, 1.807) is 14.0 Å². The van der Waals surface area contributed by atoms with Crippen LogP contribution in [0.3, 0.4) is 0 Å². The van der Waals surface area contributed by atoms with E-state index in [9.17, 15) is 13.6 Å². The molecular weight excluding hydrogens is 325 g/mol. The van der Waals surface area contributed by atoms with Gasteiger partial charge in [-0.1, -0.05) is 18.5 Å². The molecule has 21 heavy (non-hydrogen) atoms. The van der Waals surface area contributed by atoms with Gasteiger partial charge in [-0.2, -0.15) is 8.78 Å². The molecule has 1 aromatic rings. The third kappa shape index (κ3) is 6.93. The maximum atomic E-state index is 12.3. The number of amides is 1. The third-order valence-corrected chi connectivity index (χ3v) is 2.88. The number of alkyl halides is 2. The van der Waals surface area contributed by atoms with E-state index in [0.717, 1.165) is 0 Å². The van der Waals surface area contributed by atoms with Crippen LogP contribution in [0.5, 0.6) is 5.75 Å². The van der Waals surface area contributed by atoms with Crippen LogP contribution in [-0.2, 0) is 11.3 Å². The van der Waals surface area contributed by atoms with E-state index in [-0.39, 0.29) is 36.5 Å². The number of carbonyl (C=O) groups excluding carboxylic acids is 1. The molecule has 0 heterocycles. The highest BCUT2D eigenvalue weighted by Gasteiger charge is 2.14. The number of halogens is 4. The van der Waals surface area contributed by atoms with Crippen LogP contribution in [-0.4, -0.2) is 26.1 Å². The molecule has 0 aliphatic carbocycles. The van der Waals surface area contributed by atoms with E-state index in [0.29, 0.717) is 17.1 Å². The lowest BCUT2D eigenvalue weighted by Crippen LogP contribution is -2.34. The Bertz CT molecular complexity index is 462. The molecule has 0 aliphatic heterocycles. The van der Waals surface area contributed by atoms with Gasteiger partial charge in [0.25, 0.3) is 0 Å². The van der Waals surface area contributed by atoms with Crippen LogP contribution < -0.4 is 15.4 Å². The molecule has 0 spiro atoms. The summed E-state index contributed by atoms with van der Waals surface area (Å²) in [6.45, 7) is -0.550. The number of benzene rings is 1. The van der Waals surface area contributed by atoms with Crippen LogP contribution in [0, 0.1) is 5.92 Å². The summed E-state index contributed by atoms with van der Waals surface area (Å²) in [6.07, 6.45) is 0. The fourth-order valence-electron chi connectivity index (χ4n) is 1.65. The molecule has 1 amide bonds. The predicted octanol–water partition coefficient (Wildman–Crippen LogP) is 2.83. The van der Waals surface area contributed by atoms with Crippen molar-refractivity contribution in [1.82, 2.24) is 10.6 Å². The highest BCUT2D eigenvalue weighted by molar-refractivity contribution is 6.30. The quantitative estimate of drug-likeness (QED) is 0.801. The van der Waals surface area contributed by atoms with Crippen LogP contribution in [0.2, 0.25) is 5.02 Å². The first kappa shape index (κ1) is 19.9. The minimum atomic E-state index is -2.92. The molecule has 120 valence electrons. The Balaban J connectivity index is 0.00000400. The molecule has 0 fully saturated rings. The van der Waals surface area contributed by atoms with Crippen molar-refractivity contribution in [1.29, 1.82) is 0 Å². The van der Waals surface area contributed by atoms with Gasteiger partial charge in [0.15, 0.2) is 0 Å². The summed E-state index contributed by atoms with van der Waals surface area (Å²) in [5.74, 6) is -0.396. The lowest BCUT2D eigenvalue weighted by molar-refractivity contribution is -0.124. The Morgan fingerprint density at radius 3 is 2.67 bits per heavy atom. The van der Waals surface area contributed by atoms with Crippen molar-refractivity contribution in [2.45, 2.75) is 20.1 Å². The van der Waals surface area contributed by atoms with E-state index < -0.39 is 6.61 Å². The van der Waals surface area contributed by atoms with Gasteiger partial charge in [0.1, 0.15) is 5.75 Å². The normalized spacial score (nSPS) is 11.7. The van der Waals surface area contributed by atoms with Crippen molar-refractivity contribution in [3.63, 3.8) is 0 Å². The molecule has 4 nitrogen and oxygen atoms in total. The lowest BCUT2D eigenvalue weighted by atomic mass is 10.1. The molecule has 2 N–H and O–H groups in total. The Morgan fingerprint density at radius 1 is 1.43 bits per heavy atom. The summed E-state index contributed by atoms with van der Waals surface area (Å²) < 4.78 is 28.9. The van der Waals surface area contributed by atoms with Crippen LogP contribution >= 0.6 is 24.0 Å². The van der Waals surface area contributed by atoms with Crippen molar-refractivity contribution in [2.24, 2.45) is 5.92 Å². The highest BCUT2D eigenvalue weighted by atomic mass is 35.5. The Kier molecular flexibility index (Phi) is 9.24. The molecule has 0 aromatic heterocycles. The standard InChI is InChI=1S/C13H17ClF2N2O2.ClH/c1-8(6-17-2)12(19)18-7-9-5-10(14)3-4-11(9)20-13(15)16;/h3-5,8,13,17H,6-7H2,1-2H3,(H,18,19);1H. The summed E-state index contributed by atoms with van der Waals surface area (Å²) in [5.41, 5.74) is 0.405. The number of rotatable bonds is 7. The van der Waals surface area contributed by atoms with E-state index in [4.69, 9.17) is 11.6 Å². The molecule has 0 aliphatic rings. The maximum absolute atomic E-state index is 12.3. The predicted molar refractivity (Wildman–Crippen MR) is 80.3 cm³/mol. The molecule has 1 unspecified atom stereocenters. The van der Waals surface area contributed by atoms with E-state index >= 15 is 0 Å². The van der Waals surface area contributed by atoms with Gasteiger partial charge in [-0.3, -0.25) is 4.79 Å². The number of carbonyl (C=O) groups is 1. The second kappa shape index (κ2) is 9.76. The van der Waals surface area contributed by atoms with Gasteiger partial charge in [0.2, 0.25) is 5.91 Å². The van der Waals surface area contributed by atoms with Crippen molar-refractivity contribution >= 4 is 29.9 Å². The van der Waals surface area contributed by atoms with Crippen LogP contribution in [0.25, 0.3) is 0 Å². The van der Waals surface area contributed by atoms with Gasteiger partial charge in [-0.25, -0.2) is 0 Å². The van der Waals surface area contributed by atoms with E-state index in [1.807, 2.05) is 0 Å². The van der Waals surface area contributed by atoms with Gasteiger partial charge in [0, 0.05) is 29.6 Å². The average Bonchev–Trinajstić information content (AvgIpc) is 2.38. The molecule has 1 rings (SSSR count). The Morgan fingerprint density at radius 2 is 2.10 bits per heavy atom. The van der Waals surface area contributed by atoms with Crippen molar-refractivity contribution in [2.75, 3.05) is 13.6 Å². The van der Waals surface area contributed by atoms with Gasteiger partial charge in [0.05, 0.1) is 0 Å². The first-order chi connectivity index (χ1) is 9.43. The number of nitrogens with one attached hydrogen (secondary N) is 2. The molecule has 0 saturated heterocycles. The fraction of sp³-hybridized carbons (Fsp3) is 0.462. The molecule has 1 atom stereocenters. The SMILES string of the molecule is CNCC(C)C(=O)NCc1cc(Cl)ccc1OC(F)F.Cl. The molecular formula is C13H18Cl2F2N2O2. The zero-order valence-electron chi connectivity index (χ0n) is 11.7. The number of ether oxygens (including phenoxy) is 1. The highest BCUT2D eigenvalue weighted by Crippen LogP contribution is 2.24. The summed E-state index contributed by atoms with van der Waals surface area (Å²) >= 11 is 5.82. The van der Waals surface area contributed by atoms with Crippen molar-refractivity contribution in [3.05, 3.63) is 28.8 Å². The zero-order valence-corrected chi connectivity index (χ0v) is 13.2. The second-order valence-electron chi connectivity index (χ2n) is 4.31. The third-order valence-electron chi connectivity index (χ3n) is 2.65. The smallest absolute Gasteiger partial charge is 0.387 e. The van der Waals surface area contributed by atoms with E-state index in [1.165, 1.54) is 18.2 Å². The summed E-state index contributed by atoms with van der Waals surface area (Å²) in [4.78, 5) is 11.8. The maximum Gasteiger partial charge on any atom is 0.387 e. The first-order valence-electron chi connectivity index (χ1n) is 6.09.